The van der Waals surface area contributed by atoms with Crippen molar-refractivity contribution in [3.05, 3.63) is 95.7 Å². The van der Waals surface area contributed by atoms with E-state index in [1.165, 1.54) is 6.07 Å². The summed E-state index contributed by atoms with van der Waals surface area (Å²) in [7, 11) is 1.68. The number of benzene rings is 3. The van der Waals surface area contributed by atoms with E-state index in [0.29, 0.717) is 23.6 Å². The number of halogens is 2. The Bertz CT molecular complexity index is 1220. The van der Waals surface area contributed by atoms with E-state index in [1.807, 2.05) is 37.3 Å². The first-order valence-electron chi connectivity index (χ1n) is 10.5. The topological polar surface area (TPSA) is 49.9 Å². The average Bonchev–Trinajstić information content (AvgIpc) is 3.09. The number of ether oxygens (including phenoxy) is 1. The molecular formula is C26H22F2N2O3. The standard InChI is InChI=1S/C26H22F2N2O3/c1-3-15-33-20-12-9-17(10-13-20)23-24(29(2)18-7-5-4-6-8-18)26(32)30(25(23)31)19-11-14-21(27)22(28)16-19/h4-14,16H,3,15H2,1-2H3. The normalized spacial score (nSPS) is 13.6. The summed E-state index contributed by atoms with van der Waals surface area (Å²) in [5, 5.41) is 0. The van der Waals surface area contributed by atoms with Crippen LogP contribution in [-0.2, 0) is 9.59 Å². The molecule has 0 unspecified atom stereocenters. The number of hydrogen-bond acceptors (Lipinski definition) is 4. The first-order chi connectivity index (χ1) is 15.9. The SMILES string of the molecule is CCCOc1ccc(C2=C(N(C)c3ccccc3)C(=O)N(c3ccc(F)c(F)c3)C2=O)cc1. The molecule has 1 aliphatic heterocycles. The number of nitrogens with zero attached hydrogens (tertiary/aromatic N) is 2. The lowest BCUT2D eigenvalue weighted by Crippen LogP contribution is -2.34. The minimum atomic E-state index is -1.14. The van der Waals surface area contributed by atoms with Gasteiger partial charge in [-0.3, -0.25) is 9.59 Å². The van der Waals surface area contributed by atoms with Gasteiger partial charge in [0.25, 0.3) is 11.8 Å². The summed E-state index contributed by atoms with van der Waals surface area (Å²) in [5.41, 5.74) is 1.47. The molecule has 0 spiro atoms. The Morgan fingerprint density at radius 2 is 1.58 bits per heavy atom. The molecule has 33 heavy (non-hydrogen) atoms. The Kier molecular flexibility index (Phi) is 6.22. The molecule has 7 heteroatoms. The summed E-state index contributed by atoms with van der Waals surface area (Å²) in [6.45, 7) is 2.56. The van der Waals surface area contributed by atoms with E-state index >= 15 is 0 Å². The van der Waals surface area contributed by atoms with Crippen molar-refractivity contribution >= 4 is 28.8 Å². The Balaban J connectivity index is 1.81. The monoisotopic (exact) mass is 448 g/mol. The Labute approximate surface area is 190 Å². The molecule has 168 valence electrons. The van der Waals surface area contributed by atoms with Crippen LogP contribution in [0.15, 0.2) is 78.5 Å². The van der Waals surface area contributed by atoms with E-state index < -0.39 is 23.4 Å². The van der Waals surface area contributed by atoms with E-state index in [0.717, 1.165) is 23.5 Å². The Morgan fingerprint density at radius 3 is 2.21 bits per heavy atom. The van der Waals surface area contributed by atoms with Gasteiger partial charge >= 0.3 is 0 Å². The largest absolute Gasteiger partial charge is 0.494 e. The zero-order valence-corrected chi connectivity index (χ0v) is 18.2. The van der Waals surface area contributed by atoms with Crippen molar-refractivity contribution in [1.29, 1.82) is 0 Å². The van der Waals surface area contributed by atoms with Gasteiger partial charge in [-0.15, -0.1) is 0 Å². The highest BCUT2D eigenvalue weighted by Crippen LogP contribution is 2.36. The van der Waals surface area contributed by atoms with Crippen LogP contribution in [-0.4, -0.2) is 25.5 Å². The van der Waals surface area contributed by atoms with Crippen LogP contribution in [0.25, 0.3) is 5.57 Å². The average molecular weight is 448 g/mol. The molecule has 0 saturated heterocycles. The van der Waals surface area contributed by atoms with Crippen LogP contribution in [0.4, 0.5) is 20.2 Å². The van der Waals surface area contributed by atoms with Crippen molar-refractivity contribution in [2.24, 2.45) is 0 Å². The quantitative estimate of drug-likeness (QED) is 0.468. The van der Waals surface area contributed by atoms with Gasteiger partial charge in [0.2, 0.25) is 0 Å². The van der Waals surface area contributed by atoms with Gasteiger partial charge in [0.05, 0.1) is 17.9 Å². The third-order valence-corrected chi connectivity index (χ3v) is 5.32. The fourth-order valence-corrected chi connectivity index (χ4v) is 3.67. The summed E-state index contributed by atoms with van der Waals surface area (Å²) in [6, 6.07) is 18.9. The minimum absolute atomic E-state index is 0.0410. The molecule has 3 aromatic rings. The summed E-state index contributed by atoms with van der Waals surface area (Å²) < 4.78 is 33.0. The van der Waals surface area contributed by atoms with E-state index in [4.69, 9.17) is 4.74 Å². The van der Waals surface area contributed by atoms with Crippen molar-refractivity contribution in [3.8, 4) is 5.75 Å². The van der Waals surface area contributed by atoms with Crippen LogP contribution >= 0.6 is 0 Å². The second-order valence-corrected chi connectivity index (χ2v) is 7.54. The van der Waals surface area contributed by atoms with Crippen molar-refractivity contribution in [1.82, 2.24) is 0 Å². The molecule has 0 saturated carbocycles. The number of rotatable bonds is 7. The number of carbonyl (C=O) groups excluding carboxylic acids is 2. The van der Waals surface area contributed by atoms with Crippen molar-refractivity contribution in [3.63, 3.8) is 0 Å². The van der Waals surface area contributed by atoms with Crippen LogP contribution in [0.1, 0.15) is 18.9 Å². The van der Waals surface area contributed by atoms with E-state index in [2.05, 4.69) is 0 Å². The summed E-state index contributed by atoms with van der Waals surface area (Å²) in [6.07, 6.45) is 0.856. The van der Waals surface area contributed by atoms with E-state index in [9.17, 15) is 18.4 Å². The van der Waals surface area contributed by atoms with Crippen molar-refractivity contribution < 1.29 is 23.1 Å². The number of hydrogen-bond donors (Lipinski definition) is 0. The second-order valence-electron chi connectivity index (χ2n) is 7.54. The fraction of sp³-hybridized carbons (Fsp3) is 0.154. The smallest absolute Gasteiger partial charge is 0.282 e. The number of para-hydroxylation sites is 1. The first kappa shape index (κ1) is 22.2. The third kappa shape index (κ3) is 4.22. The summed E-state index contributed by atoms with van der Waals surface area (Å²) in [5.74, 6) is -2.80. The van der Waals surface area contributed by atoms with Gasteiger partial charge in [0, 0.05) is 18.8 Å². The Morgan fingerprint density at radius 1 is 0.879 bits per heavy atom. The number of carbonyl (C=O) groups is 2. The van der Waals surface area contributed by atoms with Crippen LogP contribution in [0, 0.1) is 11.6 Å². The van der Waals surface area contributed by atoms with E-state index in [1.54, 1.807) is 36.2 Å². The van der Waals surface area contributed by atoms with Gasteiger partial charge in [-0.1, -0.05) is 37.3 Å². The number of imide groups is 1. The van der Waals surface area contributed by atoms with Gasteiger partial charge < -0.3 is 9.64 Å². The maximum atomic E-state index is 13.9. The molecule has 3 aromatic carbocycles. The van der Waals surface area contributed by atoms with Gasteiger partial charge in [0.1, 0.15) is 11.4 Å². The zero-order chi connectivity index (χ0) is 23.5. The highest BCUT2D eigenvalue weighted by atomic mass is 19.2. The first-order valence-corrected chi connectivity index (χ1v) is 10.5. The highest BCUT2D eigenvalue weighted by molar-refractivity contribution is 6.46. The lowest BCUT2D eigenvalue weighted by Gasteiger charge is -2.21. The lowest BCUT2D eigenvalue weighted by atomic mass is 10.0. The molecule has 2 amide bonds. The molecule has 1 heterocycles. The third-order valence-electron chi connectivity index (χ3n) is 5.32. The molecule has 0 atom stereocenters. The van der Waals surface area contributed by atoms with Gasteiger partial charge in [-0.05, 0) is 48.4 Å². The molecule has 0 radical (unpaired) electrons. The van der Waals surface area contributed by atoms with Crippen molar-refractivity contribution in [2.45, 2.75) is 13.3 Å². The van der Waals surface area contributed by atoms with Crippen LogP contribution in [0.3, 0.4) is 0 Å². The fourth-order valence-electron chi connectivity index (χ4n) is 3.67. The molecule has 0 aromatic heterocycles. The molecule has 0 N–H and O–H groups in total. The molecule has 1 aliphatic rings. The lowest BCUT2D eigenvalue weighted by molar-refractivity contribution is -0.120. The summed E-state index contributed by atoms with van der Waals surface area (Å²) in [4.78, 5) is 29.5. The molecular weight excluding hydrogens is 426 g/mol. The van der Waals surface area contributed by atoms with Gasteiger partial charge in [0.15, 0.2) is 11.6 Å². The van der Waals surface area contributed by atoms with Gasteiger partial charge in [-0.2, -0.15) is 0 Å². The maximum Gasteiger partial charge on any atom is 0.282 e. The van der Waals surface area contributed by atoms with Crippen molar-refractivity contribution in [2.75, 3.05) is 23.5 Å². The number of likely N-dealkylation sites (N-methyl/N-ethyl adjacent to an activating group) is 1. The maximum absolute atomic E-state index is 13.9. The molecule has 4 rings (SSSR count). The van der Waals surface area contributed by atoms with E-state index in [-0.39, 0.29) is 17.0 Å². The summed E-state index contributed by atoms with van der Waals surface area (Å²) >= 11 is 0. The predicted molar refractivity (Wildman–Crippen MR) is 123 cm³/mol. The van der Waals surface area contributed by atoms with Gasteiger partial charge in [-0.25, -0.2) is 13.7 Å². The molecule has 5 nitrogen and oxygen atoms in total. The minimum Gasteiger partial charge on any atom is -0.494 e. The van der Waals surface area contributed by atoms with Crippen LogP contribution in [0.5, 0.6) is 5.75 Å². The zero-order valence-electron chi connectivity index (χ0n) is 18.2. The second kappa shape index (κ2) is 9.24. The molecule has 0 aliphatic carbocycles. The molecule has 0 bridgehead atoms. The number of amides is 2. The number of anilines is 2. The van der Waals surface area contributed by atoms with Crippen LogP contribution in [0.2, 0.25) is 0 Å². The predicted octanol–water partition coefficient (Wildman–Crippen LogP) is 5.17. The highest BCUT2D eigenvalue weighted by Gasteiger charge is 2.42. The molecule has 0 fully saturated rings. The van der Waals surface area contributed by atoms with Crippen LogP contribution < -0.4 is 14.5 Å². The Hall–Kier alpha value is -4.00.